The molecule has 0 aliphatic rings. The molecule has 0 aliphatic carbocycles. The fourth-order valence-electron chi connectivity index (χ4n) is 7.37. The van der Waals surface area contributed by atoms with E-state index in [1.165, 1.54) is 44.3 Å². The number of hydrogen-bond donors (Lipinski definition) is 0. The Morgan fingerprint density at radius 2 is 1.45 bits per heavy atom. The maximum absolute atomic E-state index is 6.51. The Kier molecular flexibility index (Phi) is 13.0. The predicted molar refractivity (Wildman–Crippen MR) is 224 cm³/mol. The Morgan fingerprint density at radius 3 is 2.11 bits per heavy atom. The summed E-state index contributed by atoms with van der Waals surface area (Å²) in [6, 6.07) is 36.3. The van der Waals surface area contributed by atoms with Gasteiger partial charge in [-0.2, -0.15) is 0 Å². The van der Waals surface area contributed by atoms with Gasteiger partial charge in [-0.05, 0) is 78.8 Å². The molecule has 0 spiro atoms. The second-order valence-electron chi connectivity index (χ2n) is 16.1. The van der Waals surface area contributed by atoms with Gasteiger partial charge in [-0.25, -0.2) is 0 Å². The number of benzene rings is 4. The predicted octanol–water partition coefficient (Wildman–Crippen LogP) is 12.5. The number of pyridine rings is 2. The van der Waals surface area contributed by atoms with Crippen molar-refractivity contribution in [3.63, 3.8) is 0 Å². The molecule has 7 aromatic rings. The molecule has 7 rings (SSSR count). The van der Waals surface area contributed by atoms with Crippen LogP contribution >= 0.6 is 0 Å². The monoisotopic (exact) mass is 939 g/mol. The average Bonchev–Trinajstić information content (AvgIpc) is 3.47. The van der Waals surface area contributed by atoms with Crippen LogP contribution < -0.4 is 4.40 Å². The van der Waals surface area contributed by atoms with Gasteiger partial charge in [0.2, 0.25) is 0 Å². The van der Waals surface area contributed by atoms with Crippen LogP contribution in [0.2, 0.25) is 17.3 Å². The molecule has 0 amide bonds. The quantitative estimate of drug-likeness (QED) is 0.113. The van der Waals surface area contributed by atoms with Gasteiger partial charge in [0.1, 0.15) is 5.58 Å². The Labute approximate surface area is 333 Å². The smallest absolute Gasteiger partial charge is 0.121 e. The van der Waals surface area contributed by atoms with Crippen molar-refractivity contribution in [2.45, 2.75) is 78.6 Å². The van der Waals surface area contributed by atoms with Crippen LogP contribution in [0.25, 0.3) is 55.6 Å². The van der Waals surface area contributed by atoms with E-state index in [9.17, 15) is 0 Å². The molecule has 0 N–H and O–H groups in total. The molecule has 0 saturated heterocycles. The van der Waals surface area contributed by atoms with Crippen LogP contribution in [0, 0.1) is 44.7 Å². The molecule has 0 aliphatic heterocycles. The number of rotatable bonds is 8. The number of aryl methyl sites for hydroxylation is 3. The molecule has 0 fully saturated rings. The molecule has 53 heavy (non-hydrogen) atoms. The van der Waals surface area contributed by atoms with Crippen molar-refractivity contribution in [1.29, 1.82) is 0 Å². The molecule has 0 saturated carbocycles. The van der Waals surface area contributed by atoms with Crippen molar-refractivity contribution in [3.8, 4) is 33.6 Å². The van der Waals surface area contributed by atoms with E-state index in [4.69, 9.17) is 9.40 Å². The van der Waals surface area contributed by atoms with Gasteiger partial charge >= 0.3 is 126 Å². The van der Waals surface area contributed by atoms with Crippen molar-refractivity contribution < 1.29 is 24.5 Å². The van der Waals surface area contributed by atoms with Gasteiger partial charge in [0, 0.05) is 31.7 Å². The molecule has 4 aromatic carbocycles. The Morgan fingerprint density at radius 1 is 0.717 bits per heavy atom. The van der Waals surface area contributed by atoms with E-state index >= 15 is 0 Å². The first-order chi connectivity index (χ1) is 24.8. The van der Waals surface area contributed by atoms with Crippen LogP contribution in [0.5, 0.6) is 0 Å². The van der Waals surface area contributed by atoms with Crippen LogP contribution in [-0.4, -0.2) is 23.2 Å². The maximum Gasteiger partial charge on any atom is 0.121 e. The molecule has 3 nitrogen and oxygen atoms in total. The molecular formula is C48H52GeIrN2O-2. The molecule has 0 bridgehead atoms. The van der Waals surface area contributed by atoms with Crippen molar-refractivity contribution in [1.82, 2.24) is 9.97 Å². The number of aromatic nitrogens is 2. The summed E-state index contributed by atoms with van der Waals surface area (Å²) < 4.78 is 8.05. The minimum atomic E-state index is -1.86. The summed E-state index contributed by atoms with van der Waals surface area (Å²) >= 11 is -1.86. The maximum atomic E-state index is 6.51. The number of hydrogen-bond acceptors (Lipinski definition) is 3. The summed E-state index contributed by atoms with van der Waals surface area (Å²) in [6.07, 6.45) is 6.20. The minimum absolute atomic E-state index is 0. The molecule has 275 valence electrons. The van der Waals surface area contributed by atoms with E-state index < -0.39 is 13.3 Å². The minimum Gasteiger partial charge on any atom is -0.501 e. The fourth-order valence-corrected chi connectivity index (χ4v) is 10.7. The van der Waals surface area contributed by atoms with Crippen LogP contribution in [0.3, 0.4) is 0 Å². The average molecular weight is 938 g/mol. The second kappa shape index (κ2) is 17.1. The first-order valence-electron chi connectivity index (χ1n) is 18.7. The van der Waals surface area contributed by atoms with E-state index in [1.54, 1.807) is 4.40 Å². The van der Waals surface area contributed by atoms with Crippen LogP contribution in [0.15, 0.2) is 102 Å². The summed E-state index contributed by atoms with van der Waals surface area (Å²) in [5.41, 5.74) is 14.8. The van der Waals surface area contributed by atoms with E-state index in [1.807, 2.05) is 30.5 Å². The first kappa shape index (κ1) is 40.4. The molecule has 1 radical (unpaired) electrons. The molecule has 3 aromatic heterocycles. The number of nitrogens with zero attached hydrogens (tertiary/aromatic N) is 2. The van der Waals surface area contributed by atoms with Gasteiger partial charge in [-0.15, -0.1) is 18.2 Å². The van der Waals surface area contributed by atoms with Gasteiger partial charge < -0.3 is 9.40 Å². The third-order valence-corrected chi connectivity index (χ3v) is 14.0. The summed E-state index contributed by atoms with van der Waals surface area (Å²) in [6.45, 7) is 15.6. The molecule has 5 heteroatoms. The summed E-state index contributed by atoms with van der Waals surface area (Å²) in [5, 5.41) is 2.29. The number of furan rings is 1. The van der Waals surface area contributed by atoms with Gasteiger partial charge in [-0.1, -0.05) is 60.7 Å². The van der Waals surface area contributed by atoms with E-state index in [0.717, 1.165) is 51.9 Å². The topological polar surface area (TPSA) is 38.9 Å². The Bertz CT molecular complexity index is 2310. The first-order valence-corrected chi connectivity index (χ1v) is 26.0. The van der Waals surface area contributed by atoms with Gasteiger partial charge in [0.25, 0.3) is 0 Å². The molecule has 0 unspecified atom stereocenters. The largest absolute Gasteiger partial charge is 0.501 e. The van der Waals surface area contributed by atoms with E-state index in [-0.39, 0.29) is 20.1 Å². The van der Waals surface area contributed by atoms with Crippen molar-refractivity contribution in [3.05, 3.63) is 137 Å². The van der Waals surface area contributed by atoms with E-state index in [0.29, 0.717) is 11.8 Å². The summed E-state index contributed by atoms with van der Waals surface area (Å²) in [4.78, 5) is 9.36. The van der Waals surface area contributed by atoms with Crippen molar-refractivity contribution >= 4 is 39.6 Å². The Balaban J connectivity index is 0.000000223. The van der Waals surface area contributed by atoms with Gasteiger partial charge in [0.05, 0.1) is 5.58 Å². The fraction of sp³-hybridized carbons (Fsp3) is 0.292. The normalized spacial score (nSPS) is 11.5. The van der Waals surface area contributed by atoms with Crippen LogP contribution in [0.1, 0.15) is 55.5 Å². The molecule has 0 atom stereocenters. The van der Waals surface area contributed by atoms with E-state index in [2.05, 4.69) is 150 Å². The standard InChI is InChI=1S/C30H28NO.C18H24GeN.Ir/c1-18(2)14-22-12-13-31-26(16-22)24-10-7-11-25-29-21(5)15-23(17-27(29)32-30(24)25)28-19(3)8-6-9-20(28)4;1-14(2)11-16-12-18(15-9-7-6-8-10-15)20-13-17(16)19(3,4)5;/h6-9,11-13,15-18H,14H2,1-5H3;6-9,12-14H,11H2,1-5H3;/q2*-1;. The molecule has 3 heterocycles. The Hall–Kier alpha value is -3.83. The van der Waals surface area contributed by atoms with Gasteiger partial charge in [0.15, 0.2) is 0 Å². The van der Waals surface area contributed by atoms with Crippen LogP contribution in [-0.2, 0) is 32.9 Å². The zero-order valence-electron chi connectivity index (χ0n) is 32.9. The third kappa shape index (κ3) is 9.28. The van der Waals surface area contributed by atoms with Crippen LogP contribution in [0.4, 0.5) is 0 Å². The summed E-state index contributed by atoms with van der Waals surface area (Å²) in [7, 11) is 0. The molecular weight excluding hydrogens is 885 g/mol. The second-order valence-corrected chi connectivity index (χ2v) is 26.7. The third-order valence-electron chi connectivity index (χ3n) is 9.64. The van der Waals surface area contributed by atoms with Gasteiger partial charge in [-0.3, -0.25) is 0 Å². The van der Waals surface area contributed by atoms with Crippen molar-refractivity contribution in [2.75, 3.05) is 0 Å². The van der Waals surface area contributed by atoms with Crippen molar-refractivity contribution in [2.24, 2.45) is 11.8 Å². The number of fused-ring (bicyclic) bond motifs is 3. The summed E-state index contributed by atoms with van der Waals surface area (Å²) in [5.74, 6) is 8.59. The SMILES string of the molecule is CC(C)Cc1cc(-c2[c-]cccc2)nc[c]1[Ge]([CH3])([CH3])[CH3].Cc1cccc(C)c1-c1cc(C)c2c(c1)oc1c(-c3cc(CC(C)C)ccn3)[c-]ccc12.[Ir]. The zero-order valence-corrected chi connectivity index (χ0v) is 37.4. The zero-order chi connectivity index (χ0) is 37.2.